The fraction of sp³-hybridized carbons (Fsp3) is 0.375. The van der Waals surface area contributed by atoms with E-state index >= 15 is 0 Å². The summed E-state index contributed by atoms with van der Waals surface area (Å²) in [7, 11) is -4.23. The molecule has 0 radical (unpaired) electrons. The van der Waals surface area contributed by atoms with Crippen molar-refractivity contribution in [3.8, 4) is 6.01 Å². The van der Waals surface area contributed by atoms with Gasteiger partial charge in [0.1, 0.15) is 5.52 Å². The molecule has 0 fully saturated rings. The summed E-state index contributed by atoms with van der Waals surface area (Å²) >= 11 is 0. The van der Waals surface area contributed by atoms with Crippen LogP contribution in [0.2, 0.25) is 0 Å². The van der Waals surface area contributed by atoms with Crippen LogP contribution in [-0.4, -0.2) is 31.4 Å². The number of fused-ring (bicyclic) bond motifs is 1. The van der Waals surface area contributed by atoms with Crippen LogP contribution in [0.4, 0.5) is 5.82 Å². The third-order valence-electron chi connectivity index (χ3n) is 1.95. The van der Waals surface area contributed by atoms with E-state index in [0.717, 1.165) is 0 Å². The van der Waals surface area contributed by atoms with Crippen molar-refractivity contribution >= 4 is 24.8 Å². The Kier molecular flexibility index (Phi) is 3.46. The number of nitrogens with one attached hydrogen (secondary N) is 1. The molecule has 0 saturated heterocycles. The topological polar surface area (TPSA) is 136 Å². The Bertz CT molecular complexity index is 600. The van der Waals surface area contributed by atoms with Gasteiger partial charge in [-0.1, -0.05) is 6.92 Å². The smallest absolute Gasteiger partial charge is 0.382 e. The Morgan fingerprint density at radius 2 is 2.33 bits per heavy atom. The Morgan fingerprint density at radius 1 is 1.56 bits per heavy atom. The van der Waals surface area contributed by atoms with Gasteiger partial charge in [-0.25, -0.2) is 9.55 Å². The zero-order valence-electron chi connectivity index (χ0n) is 9.53. The predicted octanol–water partition coefficient (Wildman–Crippen LogP) is 0.841. The summed E-state index contributed by atoms with van der Waals surface area (Å²) in [5.41, 5.74) is 6.28. The molecule has 0 saturated carbocycles. The molecular weight excluding hydrogens is 261 g/mol. The van der Waals surface area contributed by atoms with Crippen LogP contribution >= 0.6 is 7.82 Å². The minimum absolute atomic E-state index is 0.0722. The molecule has 9 nitrogen and oxygen atoms in total. The van der Waals surface area contributed by atoms with Gasteiger partial charge >= 0.3 is 13.8 Å². The van der Waals surface area contributed by atoms with Crippen molar-refractivity contribution in [2.75, 3.05) is 12.3 Å². The quantitative estimate of drug-likeness (QED) is 0.681. The summed E-state index contributed by atoms with van der Waals surface area (Å²) in [6, 6.07) is -0.353. The van der Waals surface area contributed by atoms with Gasteiger partial charge in [0.15, 0.2) is 11.5 Å². The standard InChI is InChI=1S/C8H12N5O4P/c1-2-3-16-18(14,15)17-8-12-6(9)5-7(13-8)11-4-10-5/h4H,2-3H2,1H3,(H,14,15)(H3,9,10,11,12,13). The van der Waals surface area contributed by atoms with Crippen molar-refractivity contribution in [2.45, 2.75) is 13.3 Å². The summed E-state index contributed by atoms with van der Waals surface area (Å²) < 4.78 is 20.8. The number of phosphoric ester groups is 1. The number of hydrogen-bond donors (Lipinski definition) is 3. The van der Waals surface area contributed by atoms with Crippen molar-refractivity contribution in [1.29, 1.82) is 0 Å². The van der Waals surface area contributed by atoms with E-state index in [1.54, 1.807) is 6.92 Å². The third-order valence-corrected chi connectivity index (χ3v) is 2.85. The summed E-state index contributed by atoms with van der Waals surface area (Å²) in [6.07, 6.45) is 1.96. The second-order valence-electron chi connectivity index (χ2n) is 3.39. The largest absolute Gasteiger partial charge is 0.529 e. The highest BCUT2D eigenvalue weighted by Crippen LogP contribution is 2.43. The molecule has 0 aliphatic carbocycles. The van der Waals surface area contributed by atoms with Gasteiger partial charge in [-0.05, 0) is 6.42 Å². The molecule has 1 unspecified atom stereocenters. The molecule has 2 aromatic heterocycles. The summed E-state index contributed by atoms with van der Waals surface area (Å²) in [5, 5.41) is 0. The number of aromatic nitrogens is 4. The van der Waals surface area contributed by atoms with Crippen molar-refractivity contribution in [2.24, 2.45) is 0 Å². The average Bonchev–Trinajstić information content (AvgIpc) is 2.74. The number of H-pyrrole nitrogens is 1. The first-order valence-electron chi connectivity index (χ1n) is 5.15. The lowest BCUT2D eigenvalue weighted by atomic mass is 10.5. The first-order chi connectivity index (χ1) is 8.52. The van der Waals surface area contributed by atoms with Gasteiger partial charge in [0.05, 0.1) is 12.9 Å². The average molecular weight is 273 g/mol. The highest BCUT2D eigenvalue weighted by molar-refractivity contribution is 7.47. The van der Waals surface area contributed by atoms with Crippen molar-refractivity contribution in [1.82, 2.24) is 19.9 Å². The maximum atomic E-state index is 11.5. The van der Waals surface area contributed by atoms with Gasteiger partial charge in [-0.3, -0.25) is 9.42 Å². The summed E-state index contributed by atoms with van der Waals surface area (Å²) in [5.74, 6) is 0.0722. The highest BCUT2D eigenvalue weighted by atomic mass is 31.2. The van der Waals surface area contributed by atoms with E-state index in [1.807, 2.05) is 0 Å². The Labute approximate surface area is 102 Å². The van der Waals surface area contributed by atoms with E-state index < -0.39 is 7.82 Å². The monoisotopic (exact) mass is 273 g/mol. The molecule has 0 aliphatic rings. The van der Waals surface area contributed by atoms with E-state index in [-0.39, 0.29) is 24.1 Å². The summed E-state index contributed by atoms with van der Waals surface area (Å²) in [4.78, 5) is 23.5. The fourth-order valence-electron chi connectivity index (χ4n) is 1.21. The van der Waals surface area contributed by atoms with Crippen LogP contribution in [0.15, 0.2) is 6.33 Å². The van der Waals surface area contributed by atoms with E-state index in [2.05, 4.69) is 24.5 Å². The predicted molar refractivity (Wildman–Crippen MR) is 62.8 cm³/mol. The highest BCUT2D eigenvalue weighted by Gasteiger charge is 2.25. The van der Waals surface area contributed by atoms with Crippen LogP contribution in [0.25, 0.3) is 11.2 Å². The zero-order chi connectivity index (χ0) is 13.2. The fourth-order valence-corrected chi connectivity index (χ4v) is 1.97. The van der Waals surface area contributed by atoms with E-state index in [4.69, 9.17) is 10.3 Å². The Morgan fingerprint density at radius 3 is 3.06 bits per heavy atom. The second kappa shape index (κ2) is 4.89. The number of rotatable bonds is 5. The number of hydrogen-bond acceptors (Lipinski definition) is 7. The Hall–Kier alpha value is -1.70. The maximum absolute atomic E-state index is 11.5. The molecule has 0 amide bonds. The van der Waals surface area contributed by atoms with Crippen LogP contribution in [0.5, 0.6) is 6.01 Å². The van der Waals surface area contributed by atoms with Gasteiger partial charge < -0.3 is 15.2 Å². The number of nitrogen functional groups attached to an aromatic ring is 1. The molecule has 0 spiro atoms. The molecule has 0 aromatic carbocycles. The molecule has 1 atom stereocenters. The molecule has 2 heterocycles. The van der Waals surface area contributed by atoms with Crippen LogP contribution in [0, 0.1) is 0 Å². The van der Waals surface area contributed by atoms with Crippen LogP contribution in [0.1, 0.15) is 13.3 Å². The van der Waals surface area contributed by atoms with Crippen LogP contribution in [-0.2, 0) is 9.09 Å². The molecule has 2 aromatic rings. The number of imidazole rings is 1. The molecule has 4 N–H and O–H groups in total. The molecule has 2 rings (SSSR count). The third kappa shape index (κ3) is 2.76. The molecule has 18 heavy (non-hydrogen) atoms. The van der Waals surface area contributed by atoms with Gasteiger partial charge in [0.2, 0.25) is 0 Å². The van der Waals surface area contributed by atoms with Crippen molar-refractivity contribution in [3.05, 3.63) is 6.33 Å². The lowest BCUT2D eigenvalue weighted by molar-refractivity contribution is 0.199. The zero-order valence-corrected chi connectivity index (χ0v) is 10.4. The van der Waals surface area contributed by atoms with E-state index in [9.17, 15) is 9.46 Å². The second-order valence-corrected chi connectivity index (χ2v) is 4.76. The van der Waals surface area contributed by atoms with Crippen LogP contribution < -0.4 is 10.3 Å². The summed E-state index contributed by atoms with van der Waals surface area (Å²) in [6.45, 7) is 1.89. The van der Waals surface area contributed by atoms with Crippen LogP contribution in [0.3, 0.4) is 0 Å². The molecular formula is C8H12N5O4P. The number of aromatic amines is 1. The normalized spacial score (nSPS) is 14.6. The number of phosphoric acid groups is 1. The molecule has 0 aliphatic heterocycles. The first-order valence-corrected chi connectivity index (χ1v) is 6.65. The van der Waals surface area contributed by atoms with Crippen molar-refractivity contribution in [3.63, 3.8) is 0 Å². The minimum atomic E-state index is -4.23. The first kappa shape index (κ1) is 12.7. The van der Waals surface area contributed by atoms with Gasteiger partial charge in [-0.2, -0.15) is 9.97 Å². The number of nitrogens with two attached hydrogens (primary N) is 1. The van der Waals surface area contributed by atoms with Crippen molar-refractivity contribution < 1.29 is 18.5 Å². The van der Waals surface area contributed by atoms with E-state index in [1.165, 1.54) is 6.33 Å². The lowest BCUT2D eigenvalue weighted by Gasteiger charge is -2.10. The SMILES string of the molecule is CCCOP(=O)(O)Oc1nc(N)c2[nH]cnc2n1. The van der Waals surface area contributed by atoms with E-state index in [0.29, 0.717) is 11.9 Å². The molecule has 0 bridgehead atoms. The lowest BCUT2D eigenvalue weighted by Crippen LogP contribution is -2.03. The molecule has 10 heteroatoms. The van der Waals surface area contributed by atoms with Gasteiger partial charge in [-0.15, -0.1) is 0 Å². The number of anilines is 1. The minimum Gasteiger partial charge on any atom is -0.382 e. The molecule has 98 valence electrons. The van der Waals surface area contributed by atoms with Gasteiger partial charge in [0, 0.05) is 0 Å². The van der Waals surface area contributed by atoms with Gasteiger partial charge in [0.25, 0.3) is 0 Å². The number of nitrogens with zero attached hydrogens (tertiary/aromatic N) is 3. The maximum Gasteiger partial charge on any atom is 0.529 e. The Balaban J connectivity index is 2.23.